The van der Waals surface area contributed by atoms with E-state index in [0.717, 1.165) is 28.3 Å². The molecule has 4 rings (SSSR count). The van der Waals surface area contributed by atoms with Crippen molar-refractivity contribution in [2.24, 2.45) is 0 Å². The van der Waals surface area contributed by atoms with Crippen molar-refractivity contribution in [3.8, 4) is 11.1 Å². The van der Waals surface area contributed by atoms with Gasteiger partial charge in [0.25, 0.3) is 0 Å². The molecule has 2 nitrogen and oxygen atoms in total. The fourth-order valence-electron chi connectivity index (χ4n) is 3.61. The van der Waals surface area contributed by atoms with Crippen LogP contribution in [0.3, 0.4) is 0 Å². The second kappa shape index (κ2) is 6.63. The molecule has 0 aromatic heterocycles. The maximum atomic E-state index is 13.8. The van der Waals surface area contributed by atoms with Crippen LogP contribution in [0, 0.1) is 11.6 Å². The smallest absolute Gasteiger partial charge is 0.141 e. The second-order valence-electron chi connectivity index (χ2n) is 6.42. The van der Waals surface area contributed by atoms with E-state index in [1.807, 2.05) is 48.5 Å². The summed E-state index contributed by atoms with van der Waals surface area (Å²) in [6.45, 7) is 0.628. The Hall–Kier alpha value is -2.56. The molecule has 1 aliphatic rings. The van der Waals surface area contributed by atoms with Gasteiger partial charge in [-0.2, -0.15) is 0 Å². The van der Waals surface area contributed by atoms with Crippen LogP contribution < -0.4 is 0 Å². The van der Waals surface area contributed by atoms with Gasteiger partial charge in [-0.25, -0.2) is 8.78 Å². The summed E-state index contributed by atoms with van der Waals surface area (Å²) >= 11 is 0. The van der Waals surface area contributed by atoms with E-state index in [2.05, 4.69) is 0 Å². The summed E-state index contributed by atoms with van der Waals surface area (Å²) in [6, 6.07) is 19.5. The average Bonchev–Trinajstić information content (AvgIpc) is 2.67. The largest absolute Gasteiger partial charge is 0.373 e. The summed E-state index contributed by atoms with van der Waals surface area (Å²) in [5.41, 5.74) is 3.35. The van der Waals surface area contributed by atoms with Crippen molar-refractivity contribution in [2.45, 2.75) is 12.2 Å². The molecule has 1 heterocycles. The molecule has 0 amide bonds. The molecule has 0 spiro atoms. The van der Waals surface area contributed by atoms with Gasteiger partial charge in [0.15, 0.2) is 0 Å². The Bertz CT molecular complexity index is 920. The minimum absolute atomic E-state index is 0.198. The van der Waals surface area contributed by atoms with Crippen molar-refractivity contribution in [2.75, 3.05) is 13.7 Å². The van der Waals surface area contributed by atoms with Crippen LogP contribution >= 0.6 is 0 Å². The zero-order chi connectivity index (χ0) is 18.1. The highest BCUT2D eigenvalue weighted by Gasteiger charge is 2.40. The Balaban J connectivity index is 1.86. The van der Waals surface area contributed by atoms with Gasteiger partial charge in [-0.05, 0) is 46.0 Å². The van der Waals surface area contributed by atoms with Gasteiger partial charge in [0.05, 0.1) is 13.2 Å². The first-order valence-corrected chi connectivity index (χ1v) is 8.41. The predicted octanol–water partition coefficient (Wildman–Crippen LogP) is 5.05. The molecule has 1 aliphatic heterocycles. The minimum Gasteiger partial charge on any atom is -0.373 e. The summed E-state index contributed by atoms with van der Waals surface area (Å²) in [6.07, 6.45) is 0. The fraction of sp³-hybridized carbons (Fsp3) is 0.182. The number of fused-ring (bicyclic) bond motifs is 1. The van der Waals surface area contributed by atoms with Gasteiger partial charge in [-0.1, -0.05) is 42.5 Å². The first-order chi connectivity index (χ1) is 12.6. The number of hydrogen-bond donors (Lipinski definition) is 0. The second-order valence-corrected chi connectivity index (χ2v) is 6.42. The molecule has 3 aromatic carbocycles. The number of ether oxygens (including phenoxy) is 2. The van der Waals surface area contributed by atoms with Crippen LogP contribution in [0.15, 0.2) is 66.7 Å². The first kappa shape index (κ1) is 16.9. The molecule has 3 aromatic rings. The maximum absolute atomic E-state index is 13.8. The number of halogens is 2. The number of methoxy groups -OCH3 is 1. The van der Waals surface area contributed by atoms with E-state index in [9.17, 15) is 8.78 Å². The van der Waals surface area contributed by atoms with Crippen LogP contribution in [0.25, 0.3) is 11.1 Å². The monoisotopic (exact) mass is 352 g/mol. The van der Waals surface area contributed by atoms with E-state index in [4.69, 9.17) is 9.47 Å². The Morgan fingerprint density at radius 1 is 0.885 bits per heavy atom. The van der Waals surface area contributed by atoms with E-state index in [1.54, 1.807) is 0 Å². The van der Waals surface area contributed by atoms with Crippen LogP contribution in [0.2, 0.25) is 0 Å². The summed E-state index contributed by atoms with van der Waals surface area (Å²) in [5.74, 6) is -1.27. The number of rotatable bonds is 3. The molecule has 0 saturated heterocycles. The lowest BCUT2D eigenvalue weighted by Crippen LogP contribution is -2.39. The lowest BCUT2D eigenvalue weighted by Gasteiger charge is -2.38. The van der Waals surface area contributed by atoms with Crippen molar-refractivity contribution in [1.82, 2.24) is 0 Å². The number of benzene rings is 3. The van der Waals surface area contributed by atoms with Gasteiger partial charge in [-0.3, -0.25) is 0 Å². The summed E-state index contributed by atoms with van der Waals surface area (Å²) in [7, 11) is 1.53. The van der Waals surface area contributed by atoms with Crippen molar-refractivity contribution < 1.29 is 18.3 Å². The standard InChI is InChI=1S/C22H18F2O2/c1-25-22(18-10-19(23)12-20(24)11-18)14-26-13-17-9-16(7-8-21(17)22)15-5-3-2-4-6-15/h2-12H,13-14H2,1H3. The lowest BCUT2D eigenvalue weighted by atomic mass is 9.81. The zero-order valence-electron chi connectivity index (χ0n) is 14.3. The highest BCUT2D eigenvalue weighted by Crippen LogP contribution is 2.41. The van der Waals surface area contributed by atoms with Crippen LogP contribution in [0.4, 0.5) is 8.78 Å². The molecule has 4 heteroatoms. The molecule has 132 valence electrons. The molecule has 0 fully saturated rings. The minimum atomic E-state index is -1.04. The normalized spacial score (nSPS) is 19.2. The van der Waals surface area contributed by atoms with Crippen molar-refractivity contribution in [1.29, 1.82) is 0 Å². The van der Waals surface area contributed by atoms with Crippen molar-refractivity contribution >= 4 is 0 Å². The van der Waals surface area contributed by atoms with Gasteiger partial charge in [0, 0.05) is 13.2 Å². The molecule has 0 bridgehead atoms. The van der Waals surface area contributed by atoms with Gasteiger partial charge in [0.1, 0.15) is 17.2 Å². The van der Waals surface area contributed by atoms with Crippen LogP contribution in [0.5, 0.6) is 0 Å². The van der Waals surface area contributed by atoms with Gasteiger partial charge >= 0.3 is 0 Å². The van der Waals surface area contributed by atoms with Crippen LogP contribution in [-0.2, 0) is 21.7 Å². The van der Waals surface area contributed by atoms with E-state index in [-0.39, 0.29) is 6.61 Å². The van der Waals surface area contributed by atoms with E-state index in [0.29, 0.717) is 12.2 Å². The van der Waals surface area contributed by atoms with Crippen molar-refractivity contribution in [3.05, 3.63) is 95.1 Å². The predicted molar refractivity (Wildman–Crippen MR) is 95.7 cm³/mol. The van der Waals surface area contributed by atoms with E-state index >= 15 is 0 Å². The van der Waals surface area contributed by atoms with Crippen LogP contribution in [-0.4, -0.2) is 13.7 Å². The molecular formula is C22H18F2O2. The van der Waals surface area contributed by atoms with E-state index in [1.165, 1.54) is 19.2 Å². The van der Waals surface area contributed by atoms with Crippen molar-refractivity contribution in [3.63, 3.8) is 0 Å². The SMILES string of the molecule is COC1(c2cc(F)cc(F)c2)COCc2cc(-c3ccccc3)ccc21. The molecular weight excluding hydrogens is 334 g/mol. The molecule has 1 atom stereocenters. The molecule has 0 N–H and O–H groups in total. The van der Waals surface area contributed by atoms with Gasteiger partial charge in [-0.15, -0.1) is 0 Å². The zero-order valence-corrected chi connectivity index (χ0v) is 14.3. The quantitative estimate of drug-likeness (QED) is 0.657. The Morgan fingerprint density at radius 2 is 1.62 bits per heavy atom. The fourth-order valence-corrected chi connectivity index (χ4v) is 3.61. The lowest BCUT2D eigenvalue weighted by molar-refractivity contribution is -0.0725. The third-order valence-corrected chi connectivity index (χ3v) is 4.89. The maximum Gasteiger partial charge on any atom is 0.141 e. The average molecular weight is 352 g/mol. The third kappa shape index (κ3) is 2.81. The highest BCUT2D eigenvalue weighted by atomic mass is 19.1. The summed E-state index contributed by atoms with van der Waals surface area (Å²) in [4.78, 5) is 0. The molecule has 0 radical (unpaired) electrons. The first-order valence-electron chi connectivity index (χ1n) is 8.41. The third-order valence-electron chi connectivity index (χ3n) is 4.89. The Kier molecular flexibility index (Phi) is 4.31. The molecule has 1 unspecified atom stereocenters. The van der Waals surface area contributed by atoms with Gasteiger partial charge < -0.3 is 9.47 Å². The molecule has 0 saturated carbocycles. The van der Waals surface area contributed by atoms with Crippen LogP contribution in [0.1, 0.15) is 16.7 Å². The Labute approximate surface area is 151 Å². The summed E-state index contributed by atoms with van der Waals surface area (Å²) < 4.78 is 39.2. The van der Waals surface area contributed by atoms with Gasteiger partial charge in [0.2, 0.25) is 0 Å². The molecule has 26 heavy (non-hydrogen) atoms. The summed E-state index contributed by atoms with van der Waals surface area (Å²) in [5, 5.41) is 0. The Morgan fingerprint density at radius 3 is 2.31 bits per heavy atom. The highest BCUT2D eigenvalue weighted by molar-refractivity contribution is 5.65. The molecule has 0 aliphatic carbocycles. The van der Waals surface area contributed by atoms with E-state index < -0.39 is 17.2 Å². The topological polar surface area (TPSA) is 18.5 Å². The number of hydrogen-bond acceptors (Lipinski definition) is 2.